The maximum absolute atomic E-state index is 13.3. The molecule has 0 aromatic carbocycles. The third-order valence-electron chi connectivity index (χ3n) is 6.08. The fraction of sp³-hybridized carbons (Fsp3) is 0.650. The predicted molar refractivity (Wildman–Crippen MR) is 112 cm³/mol. The number of hydrogen-bond acceptors (Lipinski definition) is 5. The Morgan fingerprint density at radius 3 is 2.40 bits per heavy atom. The van der Waals surface area contributed by atoms with Gasteiger partial charge in [0.1, 0.15) is 4.90 Å². The van der Waals surface area contributed by atoms with E-state index in [0.717, 1.165) is 31.5 Å². The lowest BCUT2D eigenvalue weighted by molar-refractivity contribution is 0.0696. The van der Waals surface area contributed by atoms with Crippen LogP contribution in [0.3, 0.4) is 0 Å². The highest BCUT2D eigenvalue weighted by molar-refractivity contribution is 7.89. The van der Waals surface area contributed by atoms with Crippen LogP contribution in [0.2, 0.25) is 0 Å². The van der Waals surface area contributed by atoms with E-state index < -0.39 is 10.0 Å². The molecule has 9 nitrogen and oxygen atoms in total. The van der Waals surface area contributed by atoms with Crippen LogP contribution in [0.5, 0.6) is 0 Å². The van der Waals surface area contributed by atoms with Crippen LogP contribution in [0.1, 0.15) is 60.2 Å². The Bertz CT molecular complexity index is 1060. The van der Waals surface area contributed by atoms with Crippen molar-refractivity contribution in [3.05, 3.63) is 28.8 Å². The van der Waals surface area contributed by atoms with Gasteiger partial charge in [-0.3, -0.25) is 14.2 Å². The molecule has 1 amide bonds. The van der Waals surface area contributed by atoms with Crippen LogP contribution < -0.4 is 0 Å². The first-order chi connectivity index (χ1) is 14.2. The van der Waals surface area contributed by atoms with E-state index in [2.05, 4.69) is 10.2 Å². The molecule has 0 spiro atoms. The molecule has 2 aliphatic heterocycles. The van der Waals surface area contributed by atoms with Gasteiger partial charge in [-0.15, -0.1) is 0 Å². The summed E-state index contributed by atoms with van der Waals surface area (Å²) in [5.41, 5.74) is 2.85. The molecular formula is C20H30N6O3S. The quantitative estimate of drug-likeness (QED) is 0.731. The number of carbonyl (C=O) groups is 1. The van der Waals surface area contributed by atoms with Crippen LogP contribution >= 0.6 is 0 Å². The number of aromatic nitrogens is 4. The van der Waals surface area contributed by atoms with E-state index in [1.54, 1.807) is 29.6 Å². The van der Waals surface area contributed by atoms with Gasteiger partial charge in [-0.2, -0.15) is 14.5 Å². The molecule has 1 saturated heterocycles. The monoisotopic (exact) mass is 434 g/mol. The van der Waals surface area contributed by atoms with Gasteiger partial charge in [0.05, 0.1) is 28.8 Å². The lowest BCUT2D eigenvalue weighted by atomic mass is 10.1. The van der Waals surface area contributed by atoms with E-state index in [1.165, 1.54) is 4.31 Å². The third kappa shape index (κ3) is 3.45. The van der Waals surface area contributed by atoms with E-state index in [-0.39, 0.29) is 25.0 Å². The van der Waals surface area contributed by atoms with E-state index in [4.69, 9.17) is 0 Å². The summed E-state index contributed by atoms with van der Waals surface area (Å²) in [7, 11) is -3.66. The smallest absolute Gasteiger partial charge is 0.257 e. The van der Waals surface area contributed by atoms with E-state index >= 15 is 0 Å². The van der Waals surface area contributed by atoms with Gasteiger partial charge in [-0.25, -0.2) is 8.42 Å². The first-order valence-corrected chi connectivity index (χ1v) is 12.1. The van der Waals surface area contributed by atoms with Gasteiger partial charge < -0.3 is 4.90 Å². The number of amides is 1. The van der Waals surface area contributed by atoms with Gasteiger partial charge in [0.15, 0.2) is 0 Å². The molecule has 0 saturated carbocycles. The molecule has 2 aliphatic rings. The first-order valence-electron chi connectivity index (χ1n) is 10.6. The lowest BCUT2D eigenvalue weighted by Crippen LogP contribution is -2.50. The van der Waals surface area contributed by atoms with Crippen LogP contribution in [0.15, 0.2) is 11.1 Å². The number of carbonyl (C=O) groups excluding carboxylic acids is 1. The SMILES string of the molecule is Cc1nn(C(C)C)c(C)c1S(=O)(=O)N1CCN(C(=O)c2cnn3c2CCCC3)CC1. The number of fused-ring (bicyclic) bond motifs is 1. The Morgan fingerprint density at radius 2 is 1.77 bits per heavy atom. The summed E-state index contributed by atoms with van der Waals surface area (Å²) in [5.74, 6) is -0.0461. The first kappa shape index (κ1) is 21.0. The Balaban J connectivity index is 1.49. The second-order valence-corrected chi connectivity index (χ2v) is 10.3. The van der Waals surface area contributed by atoms with Gasteiger partial charge in [0, 0.05) is 38.8 Å². The topological polar surface area (TPSA) is 93.3 Å². The zero-order chi connectivity index (χ0) is 21.6. The molecule has 164 valence electrons. The van der Waals surface area contributed by atoms with Crippen molar-refractivity contribution in [3.63, 3.8) is 0 Å². The Hall–Kier alpha value is -2.20. The molecule has 0 aliphatic carbocycles. The normalized spacial score (nSPS) is 18.1. The second-order valence-electron chi connectivity index (χ2n) is 8.42. The van der Waals surface area contributed by atoms with Crippen molar-refractivity contribution in [3.8, 4) is 0 Å². The summed E-state index contributed by atoms with van der Waals surface area (Å²) >= 11 is 0. The number of sulfonamides is 1. The van der Waals surface area contributed by atoms with Crippen molar-refractivity contribution in [2.75, 3.05) is 26.2 Å². The number of piperazine rings is 1. The van der Waals surface area contributed by atoms with Crippen LogP contribution in [0.4, 0.5) is 0 Å². The molecule has 0 N–H and O–H groups in total. The highest BCUT2D eigenvalue weighted by atomic mass is 32.2. The molecule has 0 radical (unpaired) electrons. The number of nitrogens with zero attached hydrogens (tertiary/aromatic N) is 6. The number of rotatable bonds is 4. The van der Waals surface area contributed by atoms with Crippen molar-refractivity contribution < 1.29 is 13.2 Å². The van der Waals surface area contributed by atoms with Crippen LogP contribution in [0.25, 0.3) is 0 Å². The summed E-state index contributed by atoms with van der Waals surface area (Å²) in [6.07, 6.45) is 4.69. The summed E-state index contributed by atoms with van der Waals surface area (Å²) < 4.78 is 31.8. The third-order valence-corrected chi connectivity index (χ3v) is 8.24. The van der Waals surface area contributed by atoms with Gasteiger partial charge in [-0.1, -0.05) is 0 Å². The number of aryl methyl sites for hydroxylation is 2. The summed E-state index contributed by atoms with van der Waals surface area (Å²) in [6.45, 7) is 9.67. The maximum Gasteiger partial charge on any atom is 0.257 e. The van der Waals surface area contributed by atoms with Gasteiger partial charge in [0.25, 0.3) is 5.91 Å². The fourth-order valence-electron chi connectivity index (χ4n) is 4.55. The number of hydrogen-bond donors (Lipinski definition) is 0. The summed E-state index contributed by atoms with van der Waals surface area (Å²) in [6, 6.07) is 0.0871. The maximum atomic E-state index is 13.3. The minimum absolute atomic E-state index is 0.0461. The molecule has 30 heavy (non-hydrogen) atoms. The molecule has 0 bridgehead atoms. The molecule has 0 atom stereocenters. The van der Waals surface area contributed by atoms with Crippen LogP contribution in [-0.2, 0) is 23.0 Å². The Kier molecular flexibility index (Phi) is 5.48. The molecule has 10 heteroatoms. The molecule has 2 aromatic heterocycles. The zero-order valence-corrected chi connectivity index (χ0v) is 18.9. The molecular weight excluding hydrogens is 404 g/mol. The van der Waals surface area contributed by atoms with Crippen LogP contribution in [0, 0.1) is 13.8 Å². The summed E-state index contributed by atoms with van der Waals surface area (Å²) in [4.78, 5) is 15.1. The van der Waals surface area contributed by atoms with Gasteiger partial charge in [0.2, 0.25) is 10.0 Å². The van der Waals surface area contributed by atoms with Crippen molar-refractivity contribution in [2.45, 2.75) is 64.4 Å². The molecule has 1 fully saturated rings. The fourth-order valence-corrected chi connectivity index (χ4v) is 6.34. The van der Waals surface area contributed by atoms with E-state index in [9.17, 15) is 13.2 Å². The van der Waals surface area contributed by atoms with E-state index in [1.807, 2.05) is 18.5 Å². The second kappa shape index (κ2) is 7.81. The van der Waals surface area contributed by atoms with Crippen molar-refractivity contribution in [1.29, 1.82) is 0 Å². The highest BCUT2D eigenvalue weighted by Crippen LogP contribution is 2.27. The summed E-state index contributed by atoms with van der Waals surface area (Å²) in [5, 5.41) is 8.78. The zero-order valence-electron chi connectivity index (χ0n) is 18.1. The largest absolute Gasteiger partial charge is 0.336 e. The standard InChI is InChI=1S/C20H30N6O3S/c1-14(2)26-16(4)19(15(3)22-26)30(28,29)24-11-9-23(10-12-24)20(27)17-13-21-25-8-6-5-7-18(17)25/h13-14H,5-12H2,1-4H3. The predicted octanol–water partition coefficient (Wildman–Crippen LogP) is 1.76. The Labute approximate surface area is 177 Å². The van der Waals surface area contributed by atoms with Crippen molar-refractivity contribution in [1.82, 2.24) is 28.8 Å². The average Bonchev–Trinajstić information content (AvgIpc) is 3.28. The van der Waals surface area contributed by atoms with E-state index in [0.29, 0.717) is 34.9 Å². The molecule has 4 heterocycles. The minimum atomic E-state index is -3.66. The van der Waals surface area contributed by atoms with Gasteiger partial charge in [-0.05, 0) is 47.0 Å². The van der Waals surface area contributed by atoms with Crippen molar-refractivity contribution >= 4 is 15.9 Å². The lowest BCUT2D eigenvalue weighted by Gasteiger charge is -2.34. The average molecular weight is 435 g/mol. The van der Waals surface area contributed by atoms with Gasteiger partial charge >= 0.3 is 0 Å². The highest BCUT2D eigenvalue weighted by Gasteiger charge is 2.35. The molecule has 2 aromatic rings. The minimum Gasteiger partial charge on any atom is -0.336 e. The molecule has 0 unspecified atom stereocenters. The van der Waals surface area contributed by atoms with Crippen LogP contribution in [-0.4, -0.2) is 69.3 Å². The van der Waals surface area contributed by atoms with Crippen molar-refractivity contribution in [2.24, 2.45) is 0 Å². The molecule has 4 rings (SSSR count). The Morgan fingerprint density at radius 1 is 1.07 bits per heavy atom.